The SMILES string of the molecule is C=CC(=O)OCCCc1cc2c(OCCCC)c(c1)Cc1cc(CCCOC(=O)CC(O)OC)cc(c1OCCCC)Cc1cc(CCCOC(=O)CC(C)=O)cc(c1OCCCC)Cc1cc(CCCOC(=O)CC(C)=O)cc(c1OCCCC)C2. The van der Waals surface area contributed by atoms with Gasteiger partial charge in [-0.1, -0.05) is 108 Å². The lowest BCUT2D eigenvalue weighted by Crippen LogP contribution is -2.17. The summed E-state index contributed by atoms with van der Waals surface area (Å²) in [7, 11) is 1.33. The van der Waals surface area contributed by atoms with Crippen LogP contribution in [0.15, 0.2) is 61.2 Å². The fourth-order valence-electron chi connectivity index (χ4n) is 10.5. The standard InChI is InChI=1S/C71H96O16/c1-9-14-26-84-68-55-36-51(22-18-30-80-63(74)13-5)37-56(68)45-61-42-54(25-21-33-83-67(78)48-64(75)79-8)43-62(71(61)87-29-17-12-4)47-60-41-53(24-20-32-82-66(77)35-50(7)73)40-59(70(60)86-28-16-11-3)46-58-39-52(23-19-31-81-65(76)34-49(6)72)38-57(44-55)69(58)85-27-15-10-2/h13,36-43,64,75H,5,9-12,14-35,44-48H2,1-4,6-8H3. The number of methoxy groups -OCH3 is 1. The van der Waals surface area contributed by atoms with Crippen molar-refractivity contribution in [1.29, 1.82) is 0 Å². The number of aliphatic hydroxyl groups excluding tert-OH is 1. The number of hydrogen-bond acceptors (Lipinski definition) is 16. The minimum atomic E-state index is -1.26. The number of Topliss-reactive ketones (excluding diaryl/α,β-unsaturated/α-hetero) is 2. The predicted octanol–water partition coefficient (Wildman–Crippen LogP) is 12.5. The van der Waals surface area contributed by atoms with Crippen LogP contribution in [0.5, 0.6) is 23.0 Å². The number of benzene rings is 4. The van der Waals surface area contributed by atoms with Gasteiger partial charge in [0.15, 0.2) is 6.29 Å². The van der Waals surface area contributed by atoms with Crippen molar-refractivity contribution in [3.63, 3.8) is 0 Å². The van der Waals surface area contributed by atoms with Gasteiger partial charge in [-0.25, -0.2) is 4.79 Å². The molecule has 0 spiro atoms. The lowest BCUT2D eigenvalue weighted by Gasteiger charge is -2.25. The molecule has 0 radical (unpaired) electrons. The quantitative estimate of drug-likeness (QED) is 0.00967. The highest BCUT2D eigenvalue weighted by atomic mass is 16.6. The van der Waals surface area contributed by atoms with Gasteiger partial charge in [-0.2, -0.15) is 0 Å². The second-order valence-electron chi connectivity index (χ2n) is 22.6. The highest BCUT2D eigenvalue weighted by Crippen LogP contribution is 2.42. The Bertz CT molecular complexity index is 2890. The molecular weight excluding hydrogens is 1110 g/mol. The number of aryl methyl sites for hydroxylation is 4. The molecule has 8 bridgehead atoms. The van der Waals surface area contributed by atoms with Gasteiger partial charge in [0.2, 0.25) is 0 Å². The van der Waals surface area contributed by atoms with Gasteiger partial charge in [0.1, 0.15) is 47.4 Å². The Morgan fingerprint density at radius 3 is 0.931 bits per heavy atom. The number of ether oxygens (including phenoxy) is 9. The molecular formula is C71H96O16. The Balaban J connectivity index is 1.87. The Hall–Kier alpha value is -7.04. The zero-order chi connectivity index (χ0) is 62.9. The van der Waals surface area contributed by atoms with E-state index in [4.69, 9.17) is 42.6 Å². The Morgan fingerprint density at radius 1 is 0.425 bits per heavy atom. The van der Waals surface area contributed by atoms with E-state index in [1.54, 1.807) is 0 Å². The van der Waals surface area contributed by atoms with Crippen molar-refractivity contribution in [2.75, 3.05) is 60.0 Å². The van der Waals surface area contributed by atoms with Gasteiger partial charge in [-0.3, -0.25) is 24.0 Å². The molecule has 16 nitrogen and oxygen atoms in total. The summed E-state index contributed by atoms with van der Waals surface area (Å²) in [5.74, 6) is 0.389. The molecule has 0 aromatic heterocycles. The maximum absolute atomic E-state index is 12.7. The highest BCUT2D eigenvalue weighted by Gasteiger charge is 2.26. The minimum Gasteiger partial charge on any atom is -0.493 e. The number of carbonyl (C=O) groups excluding carboxylic acids is 6. The van der Waals surface area contributed by atoms with Crippen LogP contribution in [0.1, 0.15) is 205 Å². The second kappa shape index (κ2) is 39.0. The van der Waals surface area contributed by atoms with E-state index in [-0.39, 0.29) is 57.3 Å². The molecule has 5 rings (SSSR count). The van der Waals surface area contributed by atoms with Crippen LogP contribution in [-0.2, 0) is 104 Å². The maximum Gasteiger partial charge on any atom is 0.330 e. The molecule has 0 heterocycles. The van der Waals surface area contributed by atoms with Crippen molar-refractivity contribution >= 4 is 35.4 Å². The molecule has 1 unspecified atom stereocenters. The van der Waals surface area contributed by atoms with Crippen LogP contribution in [-0.4, -0.2) is 107 Å². The van der Waals surface area contributed by atoms with Crippen LogP contribution in [0.25, 0.3) is 0 Å². The third kappa shape index (κ3) is 24.9. The Morgan fingerprint density at radius 2 is 0.690 bits per heavy atom. The number of carbonyl (C=O) groups is 6. The number of rotatable bonds is 40. The molecule has 1 atom stereocenters. The molecule has 0 amide bonds. The molecule has 0 saturated carbocycles. The summed E-state index contributed by atoms with van der Waals surface area (Å²) < 4.78 is 55.2. The van der Waals surface area contributed by atoms with Crippen LogP contribution < -0.4 is 18.9 Å². The second-order valence-corrected chi connectivity index (χ2v) is 22.6. The van der Waals surface area contributed by atoms with Crippen LogP contribution in [0.2, 0.25) is 0 Å². The lowest BCUT2D eigenvalue weighted by molar-refractivity contribution is -0.155. The van der Waals surface area contributed by atoms with E-state index < -0.39 is 30.2 Å². The maximum atomic E-state index is 12.7. The summed E-state index contributed by atoms with van der Waals surface area (Å²) in [6.45, 7) is 17.4. The van der Waals surface area contributed by atoms with E-state index in [1.807, 2.05) is 0 Å². The third-order valence-corrected chi connectivity index (χ3v) is 14.8. The number of ketones is 2. The van der Waals surface area contributed by atoms with Crippen molar-refractivity contribution < 1.29 is 76.5 Å². The molecule has 1 aliphatic rings. The monoisotopic (exact) mass is 1200 g/mol. The third-order valence-electron chi connectivity index (χ3n) is 14.8. The first kappa shape index (κ1) is 70.7. The zero-order valence-electron chi connectivity index (χ0n) is 53.0. The normalized spacial score (nSPS) is 12.1. The van der Waals surface area contributed by atoms with E-state index in [0.29, 0.717) is 103 Å². The van der Waals surface area contributed by atoms with Gasteiger partial charge in [0.25, 0.3) is 0 Å². The van der Waals surface area contributed by atoms with E-state index in [0.717, 1.165) is 141 Å². The molecule has 4 aromatic carbocycles. The first-order valence-electron chi connectivity index (χ1n) is 31.6. The van der Waals surface area contributed by atoms with Gasteiger partial charge in [-0.05, 0) is 158 Å². The van der Waals surface area contributed by atoms with E-state index in [2.05, 4.69) is 82.8 Å². The summed E-state index contributed by atoms with van der Waals surface area (Å²) in [5, 5.41) is 9.97. The largest absolute Gasteiger partial charge is 0.493 e. The van der Waals surface area contributed by atoms with Gasteiger partial charge < -0.3 is 47.7 Å². The molecule has 87 heavy (non-hydrogen) atoms. The minimum absolute atomic E-state index is 0.128. The summed E-state index contributed by atoms with van der Waals surface area (Å²) in [5.41, 5.74) is 11.6. The van der Waals surface area contributed by atoms with Crippen molar-refractivity contribution in [3.05, 3.63) is 128 Å². The highest BCUT2D eigenvalue weighted by molar-refractivity contribution is 5.94. The number of aliphatic hydroxyl groups is 1. The summed E-state index contributed by atoms with van der Waals surface area (Å²) in [6.07, 6.45) is 12.0. The van der Waals surface area contributed by atoms with Crippen LogP contribution >= 0.6 is 0 Å². The molecule has 1 N–H and O–H groups in total. The van der Waals surface area contributed by atoms with Crippen molar-refractivity contribution in [3.8, 4) is 23.0 Å². The van der Waals surface area contributed by atoms with Gasteiger partial charge in [0, 0.05) is 38.9 Å². The Kier molecular flexibility index (Phi) is 31.7. The summed E-state index contributed by atoms with van der Waals surface area (Å²) in [6, 6.07) is 17.6. The fraction of sp³-hybridized carbons (Fsp3) is 0.549. The number of unbranched alkanes of at least 4 members (excludes halogenated alkanes) is 4. The molecule has 0 fully saturated rings. The van der Waals surface area contributed by atoms with Crippen molar-refractivity contribution in [2.45, 2.75) is 196 Å². The van der Waals surface area contributed by atoms with Crippen molar-refractivity contribution in [1.82, 2.24) is 0 Å². The first-order valence-corrected chi connectivity index (χ1v) is 31.6. The van der Waals surface area contributed by atoms with Crippen LogP contribution in [0, 0.1) is 0 Å². The summed E-state index contributed by atoms with van der Waals surface area (Å²) in [4.78, 5) is 73.6. The number of hydrogen-bond donors (Lipinski definition) is 1. The average molecular weight is 1210 g/mol. The topological polar surface area (TPSA) is 206 Å². The first-order chi connectivity index (χ1) is 42.1. The Labute approximate surface area is 516 Å². The van der Waals surface area contributed by atoms with E-state index >= 15 is 0 Å². The van der Waals surface area contributed by atoms with Crippen LogP contribution in [0.3, 0.4) is 0 Å². The van der Waals surface area contributed by atoms with Gasteiger partial charge in [0.05, 0.1) is 59.3 Å². The number of esters is 4. The van der Waals surface area contributed by atoms with E-state index in [9.17, 15) is 33.9 Å². The predicted molar refractivity (Wildman–Crippen MR) is 334 cm³/mol. The molecule has 16 heteroatoms. The molecule has 0 saturated heterocycles. The van der Waals surface area contributed by atoms with Gasteiger partial charge >= 0.3 is 23.9 Å². The smallest absolute Gasteiger partial charge is 0.330 e. The number of fused-ring (bicyclic) bond motifs is 8. The molecule has 4 aromatic rings. The van der Waals surface area contributed by atoms with Crippen molar-refractivity contribution in [2.24, 2.45) is 0 Å². The molecule has 476 valence electrons. The molecule has 0 aliphatic heterocycles. The molecule has 1 aliphatic carbocycles. The zero-order valence-corrected chi connectivity index (χ0v) is 53.0. The van der Waals surface area contributed by atoms with E-state index in [1.165, 1.54) is 27.0 Å². The average Bonchev–Trinajstić information content (AvgIpc) is 3.36. The summed E-state index contributed by atoms with van der Waals surface area (Å²) >= 11 is 0. The van der Waals surface area contributed by atoms with Gasteiger partial charge in [-0.15, -0.1) is 0 Å². The fourth-order valence-corrected chi connectivity index (χ4v) is 10.5. The van der Waals surface area contributed by atoms with Crippen LogP contribution in [0.4, 0.5) is 0 Å². The lowest BCUT2D eigenvalue weighted by atomic mass is 9.87.